The lowest BCUT2D eigenvalue weighted by Crippen LogP contribution is -1.93. The molecule has 18 heavy (non-hydrogen) atoms. The first-order chi connectivity index (χ1) is 8.56. The lowest BCUT2D eigenvalue weighted by atomic mass is 10.3. The van der Waals surface area contributed by atoms with Gasteiger partial charge >= 0.3 is 0 Å². The minimum absolute atomic E-state index is 0.119. The van der Waals surface area contributed by atoms with Crippen molar-refractivity contribution in [3.8, 4) is 11.6 Å². The average molecular weight is 313 g/mol. The van der Waals surface area contributed by atoms with Gasteiger partial charge in [-0.05, 0) is 28.1 Å². The Kier molecular flexibility index (Phi) is 3.52. The summed E-state index contributed by atoms with van der Waals surface area (Å²) in [4.78, 5) is 13.7. The van der Waals surface area contributed by atoms with E-state index >= 15 is 0 Å². The Balaban J connectivity index is 2.27. The first-order valence-electron chi connectivity index (χ1n) is 4.80. The molecule has 0 N–H and O–H groups in total. The lowest BCUT2D eigenvalue weighted by Gasteiger charge is -2.05. The van der Waals surface area contributed by atoms with Crippen molar-refractivity contribution >= 4 is 21.6 Å². The molecule has 0 aliphatic heterocycles. The van der Waals surface area contributed by atoms with Crippen molar-refractivity contribution in [3.05, 3.63) is 56.9 Å². The lowest BCUT2D eigenvalue weighted by molar-refractivity contribution is -0.385. The highest BCUT2D eigenvalue weighted by molar-refractivity contribution is 9.10. The maximum atomic E-state index is 13.5. The maximum Gasteiger partial charge on any atom is 0.272 e. The van der Waals surface area contributed by atoms with E-state index < -0.39 is 10.7 Å². The zero-order chi connectivity index (χ0) is 13.1. The van der Waals surface area contributed by atoms with E-state index in [4.69, 9.17) is 4.74 Å². The summed E-state index contributed by atoms with van der Waals surface area (Å²) in [6.07, 6.45) is 0. The molecule has 0 saturated carbocycles. The van der Waals surface area contributed by atoms with Gasteiger partial charge < -0.3 is 4.74 Å². The number of pyridine rings is 1. The van der Waals surface area contributed by atoms with Gasteiger partial charge in [0.05, 0.1) is 11.0 Å². The van der Waals surface area contributed by atoms with Gasteiger partial charge in [-0.1, -0.05) is 6.07 Å². The second kappa shape index (κ2) is 5.09. The first-order valence-corrected chi connectivity index (χ1v) is 5.60. The zero-order valence-corrected chi connectivity index (χ0v) is 10.4. The van der Waals surface area contributed by atoms with Gasteiger partial charge in [-0.3, -0.25) is 10.1 Å². The van der Waals surface area contributed by atoms with Crippen LogP contribution in [0.15, 0.2) is 41.0 Å². The molecule has 5 nitrogen and oxygen atoms in total. The summed E-state index contributed by atoms with van der Waals surface area (Å²) in [5.74, 6) is -0.741. The molecule has 92 valence electrons. The second-order valence-corrected chi connectivity index (χ2v) is 4.08. The molecule has 0 atom stereocenters. The van der Waals surface area contributed by atoms with Gasteiger partial charge in [-0.15, -0.1) is 0 Å². The molecule has 0 fully saturated rings. The van der Waals surface area contributed by atoms with Gasteiger partial charge in [0, 0.05) is 12.1 Å². The van der Waals surface area contributed by atoms with E-state index in [0.29, 0.717) is 4.60 Å². The quantitative estimate of drug-likeness (QED) is 0.492. The van der Waals surface area contributed by atoms with Crippen LogP contribution in [-0.4, -0.2) is 9.91 Å². The number of aromatic nitrogens is 1. The summed E-state index contributed by atoms with van der Waals surface area (Å²) in [6, 6.07) is 8.07. The fourth-order valence-electron chi connectivity index (χ4n) is 1.25. The summed E-state index contributed by atoms with van der Waals surface area (Å²) in [7, 11) is 0. The van der Waals surface area contributed by atoms with Gasteiger partial charge in [0.1, 0.15) is 4.60 Å². The van der Waals surface area contributed by atoms with Crippen LogP contribution in [0.4, 0.5) is 10.1 Å². The van der Waals surface area contributed by atoms with E-state index in [1.54, 1.807) is 18.2 Å². The van der Waals surface area contributed by atoms with E-state index in [1.165, 1.54) is 6.07 Å². The highest BCUT2D eigenvalue weighted by Crippen LogP contribution is 2.26. The molecule has 2 aromatic rings. The second-order valence-electron chi connectivity index (χ2n) is 3.27. The molecule has 2 rings (SSSR count). The molecule has 0 aliphatic rings. The molecule has 7 heteroatoms. The first kappa shape index (κ1) is 12.4. The van der Waals surface area contributed by atoms with Crippen LogP contribution in [0, 0.1) is 15.9 Å². The van der Waals surface area contributed by atoms with Crippen molar-refractivity contribution in [3.63, 3.8) is 0 Å². The van der Waals surface area contributed by atoms with Crippen molar-refractivity contribution in [1.29, 1.82) is 0 Å². The van der Waals surface area contributed by atoms with Crippen LogP contribution in [0.25, 0.3) is 0 Å². The fourth-order valence-corrected chi connectivity index (χ4v) is 1.57. The number of nitro benzene ring substituents is 1. The summed E-state index contributed by atoms with van der Waals surface area (Å²) < 4.78 is 19.3. The van der Waals surface area contributed by atoms with E-state index in [0.717, 1.165) is 12.1 Å². The maximum absolute atomic E-state index is 13.5. The smallest absolute Gasteiger partial charge is 0.272 e. The molecule has 0 spiro atoms. The van der Waals surface area contributed by atoms with Gasteiger partial charge in [-0.2, -0.15) is 0 Å². The molecule has 0 aliphatic carbocycles. The molecular weight excluding hydrogens is 307 g/mol. The van der Waals surface area contributed by atoms with Crippen LogP contribution in [0.2, 0.25) is 0 Å². The molecule has 0 unspecified atom stereocenters. The zero-order valence-electron chi connectivity index (χ0n) is 8.84. The Morgan fingerprint density at radius 3 is 2.72 bits per heavy atom. The molecular formula is C11H6BrFN2O3. The molecule has 0 radical (unpaired) electrons. The summed E-state index contributed by atoms with van der Waals surface area (Å²) in [6.45, 7) is 0. The third-order valence-corrected chi connectivity index (χ3v) is 2.47. The molecule has 1 heterocycles. The number of non-ortho nitro benzene ring substituents is 1. The van der Waals surface area contributed by atoms with Crippen molar-refractivity contribution < 1.29 is 14.1 Å². The number of ether oxygens (including phenoxy) is 1. The number of rotatable bonds is 3. The van der Waals surface area contributed by atoms with Gasteiger partial charge in [0.2, 0.25) is 5.88 Å². The van der Waals surface area contributed by atoms with Crippen LogP contribution in [0.1, 0.15) is 0 Å². The number of halogens is 2. The normalized spacial score (nSPS) is 10.1. The van der Waals surface area contributed by atoms with Crippen molar-refractivity contribution in [2.75, 3.05) is 0 Å². The third kappa shape index (κ3) is 2.80. The van der Waals surface area contributed by atoms with Crippen LogP contribution < -0.4 is 4.74 Å². The topological polar surface area (TPSA) is 65.3 Å². The van der Waals surface area contributed by atoms with Crippen molar-refractivity contribution in [1.82, 2.24) is 4.98 Å². The van der Waals surface area contributed by atoms with Gasteiger partial charge in [-0.25, -0.2) is 9.37 Å². The van der Waals surface area contributed by atoms with Crippen molar-refractivity contribution in [2.24, 2.45) is 0 Å². The van der Waals surface area contributed by atoms with Crippen LogP contribution in [-0.2, 0) is 0 Å². The van der Waals surface area contributed by atoms with Crippen molar-refractivity contribution in [2.45, 2.75) is 0 Å². The Labute approximate surface area is 110 Å². The molecule has 1 aromatic heterocycles. The van der Waals surface area contributed by atoms with Gasteiger partial charge in [0.15, 0.2) is 11.6 Å². The number of hydrogen-bond donors (Lipinski definition) is 0. The predicted octanol–water partition coefficient (Wildman–Crippen LogP) is 3.68. The SMILES string of the molecule is O=[N+]([O-])c1ccc(Oc2cccc(Br)n2)c(F)c1. The standard InChI is InChI=1S/C11H6BrFN2O3/c12-10-2-1-3-11(14-10)18-9-5-4-7(15(16)17)6-8(9)13/h1-6H. The largest absolute Gasteiger partial charge is 0.436 e. The molecule has 0 amide bonds. The van der Waals surface area contributed by atoms with Crippen LogP contribution in [0.5, 0.6) is 11.6 Å². The summed E-state index contributed by atoms with van der Waals surface area (Å²) in [5.41, 5.74) is -0.331. The minimum Gasteiger partial charge on any atom is -0.436 e. The molecule has 0 saturated heterocycles. The van der Waals surface area contributed by atoms with E-state index in [1.807, 2.05) is 0 Å². The summed E-state index contributed by atoms with van der Waals surface area (Å²) in [5, 5.41) is 10.4. The van der Waals surface area contributed by atoms with E-state index in [2.05, 4.69) is 20.9 Å². The Morgan fingerprint density at radius 1 is 1.33 bits per heavy atom. The fraction of sp³-hybridized carbons (Fsp3) is 0. The highest BCUT2D eigenvalue weighted by atomic mass is 79.9. The predicted molar refractivity (Wildman–Crippen MR) is 65.1 cm³/mol. The Morgan fingerprint density at radius 2 is 2.11 bits per heavy atom. The highest BCUT2D eigenvalue weighted by Gasteiger charge is 2.12. The average Bonchev–Trinajstić information content (AvgIpc) is 2.31. The van der Waals surface area contributed by atoms with E-state index in [9.17, 15) is 14.5 Å². The Hall–Kier alpha value is -2.02. The minimum atomic E-state index is -0.814. The monoisotopic (exact) mass is 312 g/mol. The van der Waals surface area contributed by atoms with Crippen LogP contribution >= 0.6 is 15.9 Å². The van der Waals surface area contributed by atoms with Crippen LogP contribution in [0.3, 0.4) is 0 Å². The number of nitrogens with zero attached hydrogens (tertiary/aromatic N) is 2. The number of nitro groups is 1. The van der Waals surface area contributed by atoms with E-state index in [-0.39, 0.29) is 17.3 Å². The number of benzene rings is 1. The van der Waals surface area contributed by atoms with Gasteiger partial charge in [0.25, 0.3) is 5.69 Å². The third-order valence-electron chi connectivity index (χ3n) is 2.03. The summed E-state index contributed by atoms with van der Waals surface area (Å²) >= 11 is 3.15. The number of hydrogen-bond acceptors (Lipinski definition) is 4. The Bertz CT molecular complexity index is 607. The molecule has 0 bridgehead atoms. The molecule has 1 aromatic carbocycles.